The molecular formula is C20H40IN5O. The number of aliphatic hydroxyl groups is 1. The van der Waals surface area contributed by atoms with Crippen molar-refractivity contribution in [2.45, 2.75) is 76.5 Å². The van der Waals surface area contributed by atoms with Crippen molar-refractivity contribution < 1.29 is 5.11 Å². The third-order valence-electron chi connectivity index (χ3n) is 6.21. The Hall–Kier alpha value is -0.120. The van der Waals surface area contributed by atoms with Gasteiger partial charge in [0.15, 0.2) is 5.96 Å². The van der Waals surface area contributed by atoms with Crippen molar-refractivity contribution >= 4 is 29.9 Å². The lowest BCUT2D eigenvalue weighted by Gasteiger charge is -2.29. The van der Waals surface area contributed by atoms with Crippen LogP contribution < -0.4 is 10.6 Å². The topological polar surface area (TPSA) is 63.1 Å². The van der Waals surface area contributed by atoms with Crippen LogP contribution in [0.2, 0.25) is 0 Å². The quantitative estimate of drug-likeness (QED) is 0.219. The smallest absolute Gasteiger partial charge is 0.191 e. The number of rotatable bonds is 7. The first-order valence-electron chi connectivity index (χ1n) is 10.9. The Morgan fingerprint density at radius 3 is 2.52 bits per heavy atom. The van der Waals surface area contributed by atoms with E-state index in [1.807, 2.05) is 0 Å². The van der Waals surface area contributed by atoms with Crippen LogP contribution in [0.25, 0.3) is 0 Å². The van der Waals surface area contributed by atoms with E-state index in [2.05, 4.69) is 27.4 Å². The normalized spacial score (nSPS) is 26.3. The van der Waals surface area contributed by atoms with Gasteiger partial charge in [-0.1, -0.05) is 12.8 Å². The largest absolute Gasteiger partial charge is 0.393 e. The van der Waals surface area contributed by atoms with Gasteiger partial charge in [0, 0.05) is 51.4 Å². The molecule has 1 aliphatic carbocycles. The van der Waals surface area contributed by atoms with E-state index in [-0.39, 0.29) is 30.1 Å². The number of nitrogens with one attached hydrogen (secondary N) is 2. The van der Waals surface area contributed by atoms with Crippen LogP contribution >= 0.6 is 24.0 Å². The van der Waals surface area contributed by atoms with Crippen LogP contribution in [0.5, 0.6) is 0 Å². The monoisotopic (exact) mass is 493 g/mol. The van der Waals surface area contributed by atoms with E-state index in [1.54, 1.807) is 0 Å². The van der Waals surface area contributed by atoms with Gasteiger partial charge < -0.3 is 20.6 Å². The molecule has 0 aromatic carbocycles. The molecule has 3 aliphatic rings. The molecule has 2 heterocycles. The third kappa shape index (κ3) is 7.66. The molecule has 2 aliphatic heterocycles. The van der Waals surface area contributed by atoms with E-state index in [9.17, 15) is 5.11 Å². The van der Waals surface area contributed by atoms with Crippen LogP contribution in [0.4, 0.5) is 0 Å². The highest BCUT2D eigenvalue weighted by Crippen LogP contribution is 2.26. The highest BCUT2D eigenvalue weighted by Gasteiger charge is 2.30. The second kappa shape index (κ2) is 12.4. The zero-order valence-electron chi connectivity index (χ0n) is 17.0. The molecule has 158 valence electrons. The van der Waals surface area contributed by atoms with E-state index in [1.165, 1.54) is 45.2 Å². The van der Waals surface area contributed by atoms with Gasteiger partial charge in [0.2, 0.25) is 0 Å². The van der Waals surface area contributed by atoms with Crippen LogP contribution in [0.1, 0.15) is 58.3 Å². The Labute approximate surface area is 182 Å². The summed E-state index contributed by atoms with van der Waals surface area (Å²) in [7, 11) is 0. The van der Waals surface area contributed by atoms with E-state index in [4.69, 9.17) is 4.99 Å². The molecule has 2 saturated heterocycles. The highest BCUT2D eigenvalue weighted by atomic mass is 127. The van der Waals surface area contributed by atoms with E-state index < -0.39 is 0 Å². The summed E-state index contributed by atoms with van der Waals surface area (Å²) in [6.07, 6.45) is 9.72. The number of nitrogens with zero attached hydrogens (tertiary/aromatic N) is 3. The number of guanidine groups is 1. The molecule has 0 spiro atoms. The zero-order valence-corrected chi connectivity index (χ0v) is 19.4. The summed E-state index contributed by atoms with van der Waals surface area (Å²) in [5, 5.41) is 16.7. The molecule has 6 nitrogen and oxygen atoms in total. The van der Waals surface area contributed by atoms with Gasteiger partial charge in [0.25, 0.3) is 0 Å². The summed E-state index contributed by atoms with van der Waals surface area (Å²) in [4.78, 5) is 9.95. The fraction of sp³-hybridized carbons (Fsp3) is 0.950. The van der Waals surface area contributed by atoms with Crippen molar-refractivity contribution in [3.63, 3.8) is 0 Å². The van der Waals surface area contributed by atoms with Crippen molar-refractivity contribution in [1.82, 2.24) is 20.4 Å². The lowest BCUT2D eigenvalue weighted by atomic mass is 10.1. The maximum absolute atomic E-state index is 9.59. The van der Waals surface area contributed by atoms with E-state index in [0.717, 1.165) is 64.0 Å². The Balaban J connectivity index is 0.00000261. The summed E-state index contributed by atoms with van der Waals surface area (Å²) in [6.45, 7) is 9.48. The SMILES string of the molecule is CCNC(=NCCCN1CCC(O)CC1)NC1CCN(C2CCCC2)C1.I. The number of piperidine rings is 1. The molecule has 3 N–H and O–H groups in total. The Morgan fingerprint density at radius 2 is 1.81 bits per heavy atom. The second-order valence-corrected chi connectivity index (χ2v) is 8.25. The molecule has 7 heteroatoms. The molecular weight excluding hydrogens is 453 g/mol. The number of aliphatic hydroxyl groups excluding tert-OH is 1. The van der Waals surface area contributed by atoms with Crippen LogP contribution in [0, 0.1) is 0 Å². The minimum absolute atomic E-state index is 0. The van der Waals surface area contributed by atoms with Crippen molar-refractivity contribution in [2.24, 2.45) is 4.99 Å². The Morgan fingerprint density at radius 1 is 1.07 bits per heavy atom. The van der Waals surface area contributed by atoms with Gasteiger partial charge in [-0.15, -0.1) is 24.0 Å². The first-order valence-corrected chi connectivity index (χ1v) is 10.9. The summed E-state index contributed by atoms with van der Waals surface area (Å²) in [5.41, 5.74) is 0. The number of hydrogen-bond donors (Lipinski definition) is 3. The van der Waals surface area contributed by atoms with Crippen LogP contribution in [0.3, 0.4) is 0 Å². The van der Waals surface area contributed by atoms with Crippen molar-refractivity contribution in [1.29, 1.82) is 0 Å². The average molecular weight is 493 g/mol. The van der Waals surface area contributed by atoms with Crippen molar-refractivity contribution in [3.8, 4) is 0 Å². The molecule has 3 fully saturated rings. The second-order valence-electron chi connectivity index (χ2n) is 8.25. The molecule has 27 heavy (non-hydrogen) atoms. The van der Waals surface area contributed by atoms with E-state index in [0.29, 0.717) is 6.04 Å². The van der Waals surface area contributed by atoms with Crippen molar-refractivity contribution in [3.05, 3.63) is 0 Å². The third-order valence-corrected chi connectivity index (χ3v) is 6.21. The lowest BCUT2D eigenvalue weighted by molar-refractivity contribution is 0.0824. The summed E-state index contributed by atoms with van der Waals surface area (Å²) in [6, 6.07) is 1.38. The van der Waals surface area contributed by atoms with Crippen LogP contribution in [-0.4, -0.2) is 84.9 Å². The molecule has 1 unspecified atom stereocenters. The van der Waals surface area contributed by atoms with Gasteiger partial charge >= 0.3 is 0 Å². The number of hydrogen-bond acceptors (Lipinski definition) is 4. The van der Waals surface area contributed by atoms with E-state index >= 15 is 0 Å². The minimum atomic E-state index is -0.0796. The minimum Gasteiger partial charge on any atom is -0.393 e. The maximum Gasteiger partial charge on any atom is 0.191 e. The van der Waals surface area contributed by atoms with Gasteiger partial charge in [-0.3, -0.25) is 9.89 Å². The molecule has 0 amide bonds. The first kappa shape index (κ1) is 23.2. The average Bonchev–Trinajstić information content (AvgIpc) is 3.32. The Bertz CT molecular complexity index is 436. The zero-order chi connectivity index (χ0) is 18.2. The van der Waals surface area contributed by atoms with Crippen molar-refractivity contribution in [2.75, 3.05) is 45.8 Å². The summed E-state index contributed by atoms with van der Waals surface area (Å²) in [5.74, 6) is 0.986. The van der Waals surface area contributed by atoms with Gasteiger partial charge in [-0.25, -0.2) is 0 Å². The van der Waals surface area contributed by atoms with Gasteiger partial charge in [-0.05, 0) is 52.0 Å². The maximum atomic E-state index is 9.59. The number of halogens is 1. The standard InChI is InChI=1S/C20H39N5O.HI/c1-2-21-20(22-11-5-12-24-13-9-19(26)10-14-24)23-17-8-15-25(16-17)18-6-3-4-7-18;/h17-19,26H,2-16H2,1H3,(H2,21,22,23);1H. The molecule has 1 atom stereocenters. The van der Waals surface area contributed by atoms with Gasteiger partial charge in [0.1, 0.15) is 0 Å². The van der Waals surface area contributed by atoms with Gasteiger partial charge in [-0.2, -0.15) is 0 Å². The molecule has 0 aromatic heterocycles. The molecule has 0 radical (unpaired) electrons. The number of aliphatic imine (C=N–C) groups is 1. The predicted molar refractivity (Wildman–Crippen MR) is 123 cm³/mol. The first-order chi connectivity index (χ1) is 12.7. The van der Waals surface area contributed by atoms with Crippen LogP contribution in [0.15, 0.2) is 4.99 Å². The predicted octanol–water partition coefficient (Wildman–Crippen LogP) is 2.02. The molecule has 3 rings (SSSR count). The summed E-state index contributed by atoms with van der Waals surface area (Å²) < 4.78 is 0. The highest BCUT2D eigenvalue weighted by molar-refractivity contribution is 14.0. The fourth-order valence-electron chi connectivity index (χ4n) is 4.65. The molecule has 1 saturated carbocycles. The molecule has 0 aromatic rings. The van der Waals surface area contributed by atoms with Gasteiger partial charge in [0.05, 0.1) is 6.10 Å². The summed E-state index contributed by atoms with van der Waals surface area (Å²) >= 11 is 0. The molecule has 0 bridgehead atoms. The van der Waals surface area contributed by atoms with Crippen LogP contribution in [-0.2, 0) is 0 Å². The Kier molecular flexibility index (Phi) is 10.7. The fourth-order valence-corrected chi connectivity index (χ4v) is 4.65. The number of likely N-dealkylation sites (tertiary alicyclic amines) is 2. The lowest BCUT2D eigenvalue weighted by Crippen LogP contribution is -2.45.